The highest BCUT2D eigenvalue weighted by atomic mass is 16.4. The van der Waals surface area contributed by atoms with Crippen molar-refractivity contribution in [2.75, 3.05) is 0 Å². The summed E-state index contributed by atoms with van der Waals surface area (Å²) in [6, 6.07) is -1.93. The van der Waals surface area contributed by atoms with Crippen molar-refractivity contribution < 1.29 is 29.7 Å². The topological polar surface area (TPSA) is 138 Å². The number of nitrogens with two attached hydrogens (primary N) is 1. The molecule has 0 saturated carbocycles. The Morgan fingerprint density at radius 2 is 1.25 bits per heavy atom. The van der Waals surface area contributed by atoms with Gasteiger partial charge in [0.25, 0.3) is 0 Å². The molecule has 12 heavy (non-hydrogen) atoms. The monoisotopic (exact) mass is 177 g/mol. The largest absolute Gasteiger partial charge is 0.481 e. The summed E-state index contributed by atoms with van der Waals surface area (Å²) in [4.78, 5) is 30.4. The first kappa shape index (κ1) is 10.4. The van der Waals surface area contributed by atoms with Gasteiger partial charge in [-0.1, -0.05) is 0 Å². The minimum absolute atomic E-state index is 1.66. The Kier molecular flexibility index (Phi) is 3.17. The molecular weight excluding hydrogens is 170 g/mol. The summed E-state index contributed by atoms with van der Waals surface area (Å²) in [6.07, 6.45) is 0. The molecule has 0 aromatic heterocycles. The number of carbonyl (C=O) groups is 3. The van der Waals surface area contributed by atoms with Crippen molar-refractivity contribution in [3.63, 3.8) is 0 Å². The Bertz CT molecular complexity index is 210. The smallest absolute Gasteiger partial charge is 0.322 e. The lowest BCUT2D eigenvalue weighted by Crippen LogP contribution is -2.46. The average molecular weight is 177 g/mol. The minimum atomic E-state index is -2.11. The predicted molar refractivity (Wildman–Crippen MR) is 34.4 cm³/mol. The van der Waals surface area contributed by atoms with Crippen molar-refractivity contribution in [1.29, 1.82) is 0 Å². The maximum Gasteiger partial charge on any atom is 0.322 e. The molecule has 0 radical (unpaired) electrons. The van der Waals surface area contributed by atoms with Crippen LogP contribution < -0.4 is 5.73 Å². The second-order valence-corrected chi connectivity index (χ2v) is 2.02. The Labute approximate surface area is 66.4 Å². The summed E-state index contributed by atoms with van der Waals surface area (Å²) in [5.41, 5.74) is 4.80. The molecule has 0 spiro atoms. The zero-order valence-corrected chi connectivity index (χ0v) is 5.80. The molecule has 0 fully saturated rings. The number of hydrogen-bond acceptors (Lipinski definition) is 4. The molecule has 0 aliphatic heterocycles. The lowest BCUT2D eigenvalue weighted by atomic mass is 10.0. The van der Waals surface area contributed by atoms with Gasteiger partial charge in [0.05, 0.1) is 0 Å². The molecule has 0 bridgehead atoms. The Morgan fingerprint density at radius 1 is 0.917 bits per heavy atom. The Hall–Kier alpha value is -1.63. The quantitative estimate of drug-likeness (QED) is 0.371. The van der Waals surface area contributed by atoms with Crippen LogP contribution in [0.3, 0.4) is 0 Å². The van der Waals surface area contributed by atoms with Crippen molar-refractivity contribution in [2.45, 2.75) is 6.04 Å². The van der Waals surface area contributed by atoms with E-state index in [0.717, 1.165) is 0 Å². The molecular formula is C5H7NO6. The van der Waals surface area contributed by atoms with Gasteiger partial charge in [-0.05, 0) is 0 Å². The third kappa shape index (κ3) is 2.20. The molecule has 0 rings (SSSR count). The van der Waals surface area contributed by atoms with Crippen LogP contribution in [-0.2, 0) is 14.4 Å². The van der Waals surface area contributed by atoms with Crippen molar-refractivity contribution >= 4 is 17.9 Å². The van der Waals surface area contributed by atoms with E-state index in [-0.39, 0.29) is 0 Å². The summed E-state index contributed by atoms with van der Waals surface area (Å²) in [5.74, 6) is -7.30. The van der Waals surface area contributed by atoms with Gasteiger partial charge in [-0.3, -0.25) is 14.4 Å². The van der Waals surface area contributed by atoms with Crippen LogP contribution in [0.15, 0.2) is 0 Å². The highest BCUT2D eigenvalue weighted by Crippen LogP contribution is 2.02. The molecule has 0 aliphatic rings. The van der Waals surface area contributed by atoms with Gasteiger partial charge in [-0.25, -0.2) is 0 Å². The fourth-order valence-corrected chi connectivity index (χ4v) is 0.555. The summed E-state index contributed by atoms with van der Waals surface area (Å²) in [7, 11) is 0. The van der Waals surface area contributed by atoms with Gasteiger partial charge in [0, 0.05) is 0 Å². The molecule has 5 N–H and O–H groups in total. The normalized spacial score (nSPS) is 12.5. The van der Waals surface area contributed by atoms with Gasteiger partial charge in [0.1, 0.15) is 6.04 Å². The third-order valence-electron chi connectivity index (χ3n) is 1.18. The van der Waals surface area contributed by atoms with E-state index in [1.165, 1.54) is 0 Å². The summed E-state index contributed by atoms with van der Waals surface area (Å²) in [6.45, 7) is 0. The van der Waals surface area contributed by atoms with Crippen LogP contribution in [0, 0.1) is 5.92 Å². The minimum Gasteiger partial charge on any atom is -0.481 e. The fraction of sp³-hybridized carbons (Fsp3) is 0.400. The van der Waals surface area contributed by atoms with Crippen LogP contribution in [0.25, 0.3) is 0 Å². The predicted octanol–water partition coefficient (Wildman–Crippen LogP) is -1.82. The molecule has 68 valence electrons. The van der Waals surface area contributed by atoms with E-state index in [1.807, 2.05) is 0 Å². The first-order valence-corrected chi connectivity index (χ1v) is 2.82. The van der Waals surface area contributed by atoms with Crippen LogP contribution >= 0.6 is 0 Å². The molecule has 0 amide bonds. The van der Waals surface area contributed by atoms with E-state index >= 15 is 0 Å². The van der Waals surface area contributed by atoms with Crippen LogP contribution in [0.2, 0.25) is 0 Å². The molecule has 1 unspecified atom stereocenters. The fourth-order valence-electron chi connectivity index (χ4n) is 0.555. The molecule has 0 saturated heterocycles. The van der Waals surface area contributed by atoms with E-state index in [4.69, 9.17) is 21.1 Å². The summed E-state index contributed by atoms with van der Waals surface area (Å²) in [5, 5.41) is 24.7. The van der Waals surface area contributed by atoms with E-state index in [1.54, 1.807) is 0 Å². The summed E-state index contributed by atoms with van der Waals surface area (Å²) < 4.78 is 0. The molecule has 0 aromatic rings. The van der Waals surface area contributed by atoms with Crippen LogP contribution in [0.5, 0.6) is 0 Å². The van der Waals surface area contributed by atoms with Gasteiger partial charge in [0.2, 0.25) is 0 Å². The van der Waals surface area contributed by atoms with Crippen molar-refractivity contribution in [1.82, 2.24) is 0 Å². The van der Waals surface area contributed by atoms with Gasteiger partial charge < -0.3 is 21.1 Å². The highest BCUT2D eigenvalue weighted by Gasteiger charge is 2.36. The molecule has 1 atom stereocenters. The third-order valence-corrected chi connectivity index (χ3v) is 1.18. The zero-order valence-electron chi connectivity index (χ0n) is 5.80. The second-order valence-electron chi connectivity index (χ2n) is 2.02. The highest BCUT2D eigenvalue weighted by molar-refractivity contribution is 5.98. The molecule has 7 heteroatoms. The zero-order chi connectivity index (χ0) is 9.89. The van der Waals surface area contributed by atoms with Gasteiger partial charge in [0.15, 0.2) is 5.92 Å². The van der Waals surface area contributed by atoms with Crippen molar-refractivity contribution in [3.8, 4) is 0 Å². The van der Waals surface area contributed by atoms with Crippen LogP contribution in [0.1, 0.15) is 0 Å². The number of carboxylic acid groups (broad SMARTS) is 3. The van der Waals surface area contributed by atoms with Crippen molar-refractivity contribution in [3.05, 3.63) is 0 Å². The number of rotatable bonds is 4. The average Bonchev–Trinajstić information content (AvgIpc) is 1.85. The standard InChI is InChI=1S/C5H7NO6/c6-2(5(11)12)1(3(7)8)4(9)10/h1-2H,6H2,(H,7,8)(H,9,10)(H,11,12). The van der Waals surface area contributed by atoms with Crippen LogP contribution in [0.4, 0.5) is 0 Å². The van der Waals surface area contributed by atoms with Crippen molar-refractivity contribution in [2.24, 2.45) is 11.7 Å². The lowest BCUT2D eigenvalue weighted by Gasteiger charge is -2.10. The first-order valence-electron chi connectivity index (χ1n) is 2.82. The molecule has 7 nitrogen and oxygen atoms in total. The van der Waals surface area contributed by atoms with E-state index in [9.17, 15) is 14.4 Å². The second kappa shape index (κ2) is 3.67. The Balaban J connectivity index is 4.63. The molecule has 0 heterocycles. The first-order chi connectivity index (χ1) is 5.37. The lowest BCUT2D eigenvalue weighted by molar-refractivity contribution is -0.160. The molecule has 0 aliphatic carbocycles. The SMILES string of the molecule is NC(C(=O)O)C(C(=O)O)C(=O)O. The van der Waals surface area contributed by atoms with E-state index in [0.29, 0.717) is 0 Å². The van der Waals surface area contributed by atoms with E-state index in [2.05, 4.69) is 0 Å². The van der Waals surface area contributed by atoms with Gasteiger partial charge in [-0.2, -0.15) is 0 Å². The maximum absolute atomic E-state index is 10.2. The van der Waals surface area contributed by atoms with E-state index < -0.39 is 29.9 Å². The summed E-state index contributed by atoms with van der Waals surface area (Å²) >= 11 is 0. The number of aliphatic carboxylic acids is 3. The van der Waals surface area contributed by atoms with Crippen LogP contribution in [-0.4, -0.2) is 39.3 Å². The number of hydrogen-bond donors (Lipinski definition) is 4. The van der Waals surface area contributed by atoms with Gasteiger partial charge >= 0.3 is 17.9 Å². The Morgan fingerprint density at radius 3 is 1.33 bits per heavy atom. The maximum atomic E-state index is 10.2. The van der Waals surface area contributed by atoms with Gasteiger partial charge in [-0.15, -0.1) is 0 Å². The molecule has 0 aromatic carbocycles. The number of carboxylic acids is 3.